The first-order chi connectivity index (χ1) is 17.3. The van der Waals surface area contributed by atoms with Gasteiger partial charge >= 0.3 is 17.9 Å². The number of hydrogen-bond donors (Lipinski definition) is 0. The first kappa shape index (κ1) is 30.1. The van der Waals surface area contributed by atoms with Crippen molar-refractivity contribution in [2.45, 2.75) is 97.5 Å². The van der Waals surface area contributed by atoms with E-state index in [2.05, 4.69) is 36.7 Å². The molecule has 2 rings (SSSR count). The van der Waals surface area contributed by atoms with Gasteiger partial charge in [-0.25, -0.2) is 14.4 Å². The van der Waals surface area contributed by atoms with Crippen molar-refractivity contribution in [2.24, 2.45) is 5.92 Å². The van der Waals surface area contributed by atoms with E-state index in [0.717, 1.165) is 57.8 Å². The monoisotopic (exact) mass is 564 g/mol. The van der Waals surface area contributed by atoms with Crippen molar-refractivity contribution in [1.29, 1.82) is 0 Å². The topological polar surface area (TPSA) is 78.9 Å². The van der Waals surface area contributed by atoms with Gasteiger partial charge in [0.1, 0.15) is 11.4 Å². The average molecular weight is 566 g/mol. The van der Waals surface area contributed by atoms with Crippen molar-refractivity contribution in [3.8, 4) is 5.75 Å². The lowest BCUT2D eigenvalue weighted by Gasteiger charge is -2.25. The Labute approximate surface area is 224 Å². The molecule has 1 aliphatic rings. The van der Waals surface area contributed by atoms with Gasteiger partial charge in [-0.3, -0.25) is 0 Å². The molecule has 0 fully saturated rings. The maximum absolute atomic E-state index is 13.2. The van der Waals surface area contributed by atoms with Gasteiger partial charge in [-0.1, -0.05) is 81.6 Å². The van der Waals surface area contributed by atoms with Crippen LogP contribution in [-0.2, 0) is 19.1 Å². The molecule has 0 radical (unpaired) electrons. The highest BCUT2D eigenvalue weighted by Crippen LogP contribution is 2.38. The fourth-order valence-corrected chi connectivity index (χ4v) is 4.94. The van der Waals surface area contributed by atoms with Gasteiger partial charge in [0, 0.05) is 5.33 Å². The summed E-state index contributed by atoms with van der Waals surface area (Å²) >= 11 is 3.32. The minimum atomic E-state index is -1.01. The third-order valence-corrected chi connectivity index (χ3v) is 7.34. The maximum Gasteiger partial charge on any atom is 0.344 e. The second kappa shape index (κ2) is 15.2. The summed E-state index contributed by atoms with van der Waals surface area (Å²) < 4.78 is 16.8. The lowest BCUT2D eigenvalue weighted by Crippen LogP contribution is -2.33. The van der Waals surface area contributed by atoms with Crippen molar-refractivity contribution in [3.05, 3.63) is 41.0 Å². The quantitative estimate of drug-likeness (QED) is 0.0904. The molecule has 1 aliphatic heterocycles. The second-order valence-electron chi connectivity index (χ2n) is 9.70. The molecule has 0 aromatic heterocycles. The zero-order chi connectivity index (χ0) is 26.6. The highest BCUT2D eigenvalue weighted by Gasteiger charge is 2.47. The maximum atomic E-state index is 13.2. The number of carbonyl (C=O) groups is 3. The van der Waals surface area contributed by atoms with E-state index < -0.39 is 23.5 Å². The summed E-state index contributed by atoms with van der Waals surface area (Å²) in [5, 5.41) is 0.212. The Morgan fingerprint density at radius 2 is 1.64 bits per heavy atom. The number of halogens is 1. The molecule has 2 unspecified atom stereocenters. The van der Waals surface area contributed by atoms with Crippen molar-refractivity contribution < 1.29 is 28.6 Å². The largest absolute Gasteiger partial charge is 0.462 e. The van der Waals surface area contributed by atoms with Crippen LogP contribution in [0.3, 0.4) is 0 Å². The number of ether oxygens (including phenoxy) is 3. The number of unbranched alkanes of at least 4 members (excludes halogenated alkanes) is 5. The Balaban J connectivity index is 2.03. The summed E-state index contributed by atoms with van der Waals surface area (Å²) in [7, 11) is 0. The Morgan fingerprint density at radius 1 is 0.972 bits per heavy atom. The molecule has 0 aliphatic carbocycles. The molecule has 200 valence electrons. The third-order valence-electron chi connectivity index (χ3n) is 6.78. The predicted molar refractivity (Wildman–Crippen MR) is 144 cm³/mol. The standard InChI is InChI=1S/C29H41BrO6/c1-5-8-10-11-12-18-29(4)25(24(19-30)27(32)36-29)28(33)35-23-16-14-22(15-17-23)26(31)34-20-21(7-3)13-9-6-2/h14-17,21H,5-13,18-20H2,1-4H3. The Bertz CT molecular complexity index is 907. The molecule has 0 spiro atoms. The van der Waals surface area contributed by atoms with Crippen LogP contribution in [0.15, 0.2) is 35.4 Å². The predicted octanol–water partition coefficient (Wildman–Crippen LogP) is 7.33. The summed E-state index contributed by atoms with van der Waals surface area (Å²) in [6.45, 7) is 8.59. The van der Waals surface area contributed by atoms with Crippen LogP contribution < -0.4 is 4.74 Å². The Morgan fingerprint density at radius 3 is 2.25 bits per heavy atom. The molecule has 0 saturated heterocycles. The van der Waals surface area contributed by atoms with E-state index in [1.165, 1.54) is 0 Å². The summed E-state index contributed by atoms with van der Waals surface area (Å²) in [5.74, 6) is -0.835. The van der Waals surface area contributed by atoms with Gasteiger partial charge in [0.2, 0.25) is 0 Å². The van der Waals surface area contributed by atoms with Gasteiger partial charge in [-0.15, -0.1) is 0 Å². The average Bonchev–Trinajstić information content (AvgIpc) is 3.13. The highest BCUT2D eigenvalue weighted by atomic mass is 79.9. The van der Waals surface area contributed by atoms with E-state index in [1.54, 1.807) is 31.2 Å². The lowest BCUT2D eigenvalue weighted by atomic mass is 9.88. The van der Waals surface area contributed by atoms with E-state index in [4.69, 9.17) is 14.2 Å². The number of rotatable bonds is 16. The van der Waals surface area contributed by atoms with Crippen molar-refractivity contribution in [1.82, 2.24) is 0 Å². The Hall–Kier alpha value is -2.15. The first-order valence-corrected chi connectivity index (χ1v) is 14.4. The zero-order valence-electron chi connectivity index (χ0n) is 22.2. The second-order valence-corrected chi connectivity index (χ2v) is 10.3. The Kier molecular flexibility index (Phi) is 12.7. The van der Waals surface area contributed by atoms with Crippen LogP contribution in [0, 0.1) is 5.92 Å². The fourth-order valence-electron chi connectivity index (χ4n) is 4.43. The van der Waals surface area contributed by atoms with Crippen LogP contribution in [0.2, 0.25) is 0 Å². The first-order valence-electron chi connectivity index (χ1n) is 13.3. The number of hydrogen-bond acceptors (Lipinski definition) is 6. The molecule has 0 bridgehead atoms. The van der Waals surface area contributed by atoms with Crippen LogP contribution in [0.5, 0.6) is 5.75 Å². The number of esters is 3. The number of benzene rings is 1. The summed E-state index contributed by atoms with van der Waals surface area (Å²) in [5.41, 5.74) is -0.0523. The number of cyclic esters (lactones) is 1. The third kappa shape index (κ3) is 8.46. The zero-order valence-corrected chi connectivity index (χ0v) is 23.8. The minimum absolute atomic E-state index is 0.212. The van der Waals surface area contributed by atoms with Crippen LogP contribution in [0.25, 0.3) is 0 Å². The molecule has 6 nitrogen and oxygen atoms in total. The van der Waals surface area contributed by atoms with E-state index in [1.807, 2.05) is 0 Å². The van der Waals surface area contributed by atoms with E-state index in [9.17, 15) is 14.4 Å². The SMILES string of the molecule is CCCCCCCC1(C)OC(=O)C(CBr)=C1C(=O)Oc1ccc(C(=O)OCC(CC)CCCC)cc1. The molecule has 1 aromatic carbocycles. The van der Waals surface area contributed by atoms with Gasteiger partial charge in [-0.05, 0) is 56.4 Å². The van der Waals surface area contributed by atoms with Gasteiger partial charge in [0.05, 0.1) is 23.3 Å². The summed E-state index contributed by atoms with van der Waals surface area (Å²) in [6, 6.07) is 6.30. The van der Waals surface area contributed by atoms with Gasteiger partial charge in [-0.2, -0.15) is 0 Å². The molecule has 1 heterocycles. The molecule has 0 amide bonds. The minimum Gasteiger partial charge on any atom is -0.462 e. The molecule has 1 aromatic rings. The molecule has 0 N–H and O–H groups in total. The van der Waals surface area contributed by atoms with Gasteiger partial charge in [0.15, 0.2) is 0 Å². The van der Waals surface area contributed by atoms with Crippen LogP contribution >= 0.6 is 15.9 Å². The van der Waals surface area contributed by atoms with Crippen LogP contribution in [-0.4, -0.2) is 35.4 Å². The van der Waals surface area contributed by atoms with E-state index in [0.29, 0.717) is 30.1 Å². The van der Waals surface area contributed by atoms with Crippen molar-refractivity contribution >= 4 is 33.8 Å². The van der Waals surface area contributed by atoms with E-state index in [-0.39, 0.29) is 16.7 Å². The van der Waals surface area contributed by atoms with Crippen LogP contribution in [0.4, 0.5) is 0 Å². The fraction of sp³-hybridized carbons (Fsp3) is 0.621. The molecule has 2 atom stereocenters. The van der Waals surface area contributed by atoms with Gasteiger partial charge in [0.25, 0.3) is 0 Å². The molecular formula is C29H41BrO6. The molecule has 0 saturated carbocycles. The molecular weight excluding hydrogens is 524 g/mol. The van der Waals surface area contributed by atoms with E-state index >= 15 is 0 Å². The molecule has 36 heavy (non-hydrogen) atoms. The lowest BCUT2D eigenvalue weighted by molar-refractivity contribution is -0.147. The normalized spacial score (nSPS) is 18.2. The smallest absolute Gasteiger partial charge is 0.344 e. The highest BCUT2D eigenvalue weighted by molar-refractivity contribution is 9.09. The van der Waals surface area contributed by atoms with Gasteiger partial charge < -0.3 is 14.2 Å². The van der Waals surface area contributed by atoms with Crippen LogP contribution in [0.1, 0.15) is 102 Å². The van der Waals surface area contributed by atoms with Crippen molar-refractivity contribution in [3.63, 3.8) is 0 Å². The molecule has 7 heteroatoms. The van der Waals surface area contributed by atoms with Crippen molar-refractivity contribution in [2.75, 3.05) is 11.9 Å². The number of carbonyl (C=O) groups excluding carboxylic acids is 3. The summed E-state index contributed by atoms with van der Waals surface area (Å²) in [6.07, 6.45) is 10.1. The number of alkyl halides is 1. The summed E-state index contributed by atoms with van der Waals surface area (Å²) in [4.78, 5) is 38.1.